The van der Waals surface area contributed by atoms with Crippen LogP contribution in [-0.4, -0.2) is 53.3 Å². The number of Topliss-reactive ketones (excluding diaryl/α,β-unsaturated/α-hetero) is 1. The largest absolute Gasteiger partial charge is 0.481 e. The molecule has 1 aromatic carbocycles. The maximum absolute atomic E-state index is 14.1. The van der Waals surface area contributed by atoms with Crippen molar-refractivity contribution in [2.75, 3.05) is 13.6 Å². The summed E-state index contributed by atoms with van der Waals surface area (Å²) in [6, 6.07) is 9.50. The molecule has 8 atom stereocenters. The third-order valence-corrected chi connectivity index (χ3v) is 16.2. The quantitative estimate of drug-likeness (QED) is 0.256. The SMILES string of the molecule is CC(C)C1=C2[C@H]3CC[C@@H]4[C@@]5(C)CC[C@H](OC(=O)CC(C)(C)C(=O)O)C(C)(C)[C@@H]5CC[C@@]4(C)[C@]3(C)CC[C@@]2(CCN(C)C(=O)c2ccccc2)CC1=O. The van der Waals surface area contributed by atoms with Crippen molar-refractivity contribution < 1.29 is 29.0 Å². The van der Waals surface area contributed by atoms with E-state index in [0.29, 0.717) is 42.1 Å². The molecule has 0 aromatic heterocycles. The molecule has 52 heavy (non-hydrogen) atoms. The van der Waals surface area contributed by atoms with Crippen LogP contribution in [0.15, 0.2) is 41.5 Å². The number of ketones is 1. The van der Waals surface area contributed by atoms with Gasteiger partial charge in [-0.25, -0.2) is 0 Å². The van der Waals surface area contributed by atoms with E-state index in [-0.39, 0.29) is 51.4 Å². The molecule has 1 aromatic rings. The van der Waals surface area contributed by atoms with E-state index in [1.165, 1.54) is 5.57 Å². The van der Waals surface area contributed by atoms with Crippen LogP contribution in [0.3, 0.4) is 0 Å². The molecule has 0 spiro atoms. The Morgan fingerprint density at radius 3 is 2.21 bits per heavy atom. The Kier molecular flexibility index (Phi) is 9.77. The minimum absolute atomic E-state index is 0.0334. The van der Waals surface area contributed by atoms with E-state index in [2.05, 4.69) is 48.5 Å². The normalized spacial score (nSPS) is 36.7. The number of fused-ring (bicyclic) bond motifs is 7. The lowest BCUT2D eigenvalue weighted by molar-refractivity contribution is -0.233. The third kappa shape index (κ3) is 5.90. The number of aliphatic carboxylic acids is 1. The van der Waals surface area contributed by atoms with Crippen molar-refractivity contribution in [3.8, 4) is 0 Å². The van der Waals surface area contributed by atoms with Gasteiger partial charge in [-0.1, -0.05) is 72.2 Å². The zero-order chi connectivity index (χ0) is 38.2. The number of hydrogen-bond acceptors (Lipinski definition) is 5. The van der Waals surface area contributed by atoms with Crippen molar-refractivity contribution in [2.24, 2.45) is 56.2 Å². The topological polar surface area (TPSA) is 101 Å². The first-order valence-corrected chi connectivity index (χ1v) is 20.2. The van der Waals surface area contributed by atoms with Gasteiger partial charge in [-0.2, -0.15) is 0 Å². The summed E-state index contributed by atoms with van der Waals surface area (Å²) in [5.74, 6) is 0.393. The van der Waals surface area contributed by atoms with Crippen LogP contribution < -0.4 is 0 Å². The molecule has 7 heteroatoms. The van der Waals surface area contributed by atoms with Crippen molar-refractivity contribution in [1.82, 2.24) is 4.90 Å². The number of rotatable bonds is 9. The minimum Gasteiger partial charge on any atom is -0.481 e. The second-order valence-corrected chi connectivity index (χ2v) is 20.0. The average Bonchev–Trinajstić information content (AvgIpc) is 3.37. The molecule has 0 bridgehead atoms. The zero-order valence-electron chi connectivity index (χ0n) is 33.7. The summed E-state index contributed by atoms with van der Waals surface area (Å²) < 4.78 is 6.17. The Morgan fingerprint density at radius 2 is 1.58 bits per heavy atom. The van der Waals surface area contributed by atoms with Crippen LogP contribution >= 0.6 is 0 Å². The molecule has 286 valence electrons. The number of ether oxygens (including phenoxy) is 1. The highest BCUT2D eigenvalue weighted by Gasteiger charge is 2.70. The van der Waals surface area contributed by atoms with Gasteiger partial charge in [0, 0.05) is 36.4 Å². The van der Waals surface area contributed by atoms with Crippen molar-refractivity contribution >= 4 is 23.6 Å². The molecule has 5 aliphatic carbocycles. The Bertz CT molecular complexity index is 1640. The Morgan fingerprint density at radius 1 is 0.904 bits per heavy atom. The number of benzene rings is 1. The number of esters is 1. The summed E-state index contributed by atoms with van der Waals surface area (Å²) in [7, 11) is 1.90. The summed E-state index contributed by atoms with van der Waals surface area (Å²) in [4.78, 5) is 54.1. The van der Waals surface area contributed by atoms with Crippen LogP contribution in [0.25, 0.3) is 0 Å². The Labute approximate surface area is 312 Å². The van der Waals surface area contributed by atoms with Crippen LogP contribution in [-0.2, 0) is 19.1 Å². The van der Waals surface area contributed by atoms with E-state index >= 15 is 0 Å². The molecule has 0 heterocycles. The number of carboxylic acid groups (broad SMARTS) is 1. The van der Waals surface area contributed by atoms with Gasteiger partial charge in [0.1, 0.15) is 6.10 Å². The van der Waals surface area contributed by atoms with Crippen LogP contribution in [0.2, 0.25) is 0 Å². The first kappa shape index (κ1) is 38.8. The molecular weight excluding hydrogens is 650 g/mol. The highest BCUT2D eigenvalue weighted by molar-refractivity contribution is 6.00. The van der Waals surface area contributed by atoms with Crippen LogP contribution in [0.5, 0.6) is 0 Å². The molecule has 1 N–H and O–H groups in total. The number of carbonyl (C=O) groups is 4. The van der Waals surface area contributed by atoms with Gasteiger partial charge in [0.15, 0.2) is 5.78 Å². The maximum Gasteiger partial charge on any atom is 0.309 e. The third-order valence-electron chi connectivity index (χ3n) is 16.2. The van der Waals surface area contributed by atoms with Crippen molar-refractivity contribution in [1.29, 1.82) is 0 Å². The van der Waals surface area contributed by atoms with Crippen LogP contribution in [0.4, 0.5) is 0 Å². The molecule has 4 fully saturated rings. The molecule has 7 nitrogen and oxygen atoms in total. The molecule has 0 saturated heterocycles. The monoisotopic (exact) mass is 715 g/mol. The van der Waals surface area contributed by atoms with Crippen LogP contribution in [0.1, 0.15) is 143 Å². The van der Waals surface area contributed by atoms with Crippen molar-refractivity contribution in [3.05, 3.63) is 47.0 Å². The van der Waals surface area contributed by atoms with E-state index in [1.54, 1.807) is 13.8 Å². The molecule has 0 aliphatic heterocycles. The molecular formula is C45H65NO6. The second-order valence-electron chi connectivity index (χ2n) is 20.0. The molecule has 1 amide bonds. The predicted octanol–water partition coefficient (Wildman–Crippen LogP) is 9.54. The Balaban J connectivity index is 1.26. The van der Waals surface area contributed by atoms with Gasteiger partial charge in [-0.3, -0.25) is 19.2 Å². The maximum atomic E-state index is 14.1. The number of carbonyl (C=O) groups excluding carboxylic acids is 3. The number of hydrogen-bond donors (Lipinski definition) is 1. The molecule has 4 saturated carbocycles. The molecule has 6 rings (SSSR count). The predicted molar refractivity (Wildman–Crippen MR) is 203 cm³/mol. The summed E-state index contributed by atoms with van der Waals surface area (Å²) in [6.07, 6.45) is 9.30. The van der Waals surface area contributed by atoms with Crippen molar-refractivity contribution in [2.45, 2.75) is 139 Å². The smallest absolute Gasteiger partial charge is 0.309 e. The molecule has 0 radical (unpaired) electrons. The fourth-order valence-electron chi connectivity index (χ4n) is 13.2. The lowest BCUT2D eigenvalue weighted by Crippen LogP contribution is -2.65. The van der Waals surface area contributed by atoms with Gasteiger partial charge < -0.3 is 14.7 Å². The van der Waals surface area contributed by atoms with E-state index < -0.39 is 17.4 Å². The number of nitrogens with zero attached hydrogens (tertiary/aromatic N) is 1. The van der Waals surface area contributed by atoms with Crippen molar-refractivity contribution in [3.63, 3.8) is 0 Å². The average molecular weight is 716 g/mol. The number of carboxylic acids is 1. The lowest BCUT2D eigenvalue weighted by atomic mass is 9.33. The van der Waals surface area contributed by atoms with Gasteiger partial charge in [-0.05, 0) is 129 Å². The fourth-order valence-corrected chi connectivity index (χ4v) is 13.2. The number of allylic oxidation sites excluding steroid dienone is 2. The highest BCUT2D eigenvalue weighted by atomic mass is 16.5. The van der Waals surface area contributed by atoms with E-state index in [9.17, 15) is 24.3 Å². The summed E-state index contributed by atoms with van der Waals surface area (Å²) in [6.45, 7) is 20.4. The van der Waals surface area contributed by atoms with E-state index in [0.717, 1.165) is 63.4 Å². The van der Waals surface area contributed by atoms with Gasteiger partial charge in [0.2, 0.25) is 0 Å². The highest BCUT2D eigenvalue weighted by Crippen LogP contribution is 2.77. The Hall–Kier alpha value is -2.96. The van der Waals surface area contributed by atoms with Gasteiger partial charge in [0.25, 0.3) is 5.91 Å². The first-order chi connectivity index (χ1) is 24.1. The minimum atomic E-state index is -1.16. The summed E-state index contributed by atoms with van der Waals surface area (Å²) >= 11 is 0. The van der Waals surface area contributed by atoms with Gasteiger partial charge in [0.05, 0.1) is 11.8 Å². The van der Waals surface area contributed by atoms with Gasteiger partial charge in [-0.15, -0.1) is 0 Å². The van der Waals surface area contributed by atoms with Gasteiger partial charge >= 0.3 is 11.9 Å². The van der Waals surface area contributed by atoms with E-state index in [1.807, 2.05) is 42.3 Å². The lowest BCUT2D eigenvalue weighted by Gasteiger charge is -2.72. The number of amides is 1. The van der Waals surface area contributed by atoms with E-state index in [4.69, 9.17) is 4.74 Å². The standard InChI is InChI=1S/C45H65NO6/c1-28(2)36-31(47)26-45(24-25-46(10)38(49)29-14-12-11-13-15-29)23-22-43(8)30(37(36)45)16-17-33-42(7)20-19-34(52-35(48)27-40(3,4)39(50)51)41(5,6)32(42)18-21-44(33,43)9/h11-15,28,30,32-34H,16-27H2,1-10H3,(H,50,51)/t30-,32+,33-,34+,42+,43-,44-,45-/m1/s1. The summed E-state index contributed by atoms with van der Waals surface area (Å²) in [5.41, 5.74) is 1.90. The summed E-state index contributed by atoms with van der Waals surface area (Å²) in [5, 5.41) is 9.61. The fraction of sp³-hybridized carbons (Fsp3) is 0.733. The molecule has 0 unspecified atom stereocenters. The van der Waals surface area contributed by atoms with Crippen LogP contribution in [0, 0.1) is 56.2 Å². The second kappa shape index (κ2) is 13.1. The zero-order valence-corrected chi connectivity index (χ0v) is 33.7. The molecule has 5 aliphatic rings. The first-order valence-electron chi connectivity index (χ1n) is 20.2.